The van der Waals surface area contributed by atoms with E-state index >= 15 is 0 Å². The number of anilines is 1. The van der Waals surface area contributed by atoms with Crippen molar-refractivity contribution in [3.8, 4) is 10.6 Å². The molecule has 0 saturated carbocycles. The Hall–Kier alpha value is -3.84. The maximum atomic E-state index is 12.2. The molecule has 0 unspecified atom stereocenters. The number of aromatic nitrogens is 1. The number of benzene rings is 3. The summed E-state index contributed by atoms with van der Waals surface area (Å²) in [5.74, 6) is -1.99. The molecule has 0 aliphatic carbocycles. The summed E-state index contributed by atoms with van der Waals surface area (Å²) in [5.41, 5.74) is 4.52. The third-order valence-corrected chi connectivity index (χ3v) is 6.05. The van der Waals surface area contributed by atoms with Crippen molar-refractivity contribution in [1.82, 2.24) is 4.98 Å². The van der Waals surface area contributed by atoms with Crippen molar-refractivity contribution < 1.29 is 19.1 Å². The van der Waals surface area contributed by atoms with Gasteiger partial charge in [-0.2, -0.15) is 0 Å². The summed E-state index contributed by atoms with van der Waals surface area (Å²) in [4.78, 5) is 40.7. The Labute approximate surface area is 195 Å². The first-order valence-corrected chi connectivity index (χ1v) is 11.3. The molecule has 1 N–H and O–H groups in total. The van der Waals surface area contributed by atoms with E-state index in [4.69, 9.17) is 4.74 Å². The average molecular weight is 459 g/mol. The highest BCUT2D eigenvalue weighted by Crippen LogP contribution is 2.31. The van der Waals surface area contributed by atoms with E-state index in [9.17, 15) is 14.4 Å². The molecule has 1 aromatic heterocycles. The van der Waals surface area contributed by atoms with Gasteiger partial charge in [0.2, 0.25) is 11.7 Å². The van der Waals surface area contributed by atoms with Gasteiger partial charge >= 0.3 is 5.97 Å². The number of carbonyl (C=O) groups excluding carboxylic acids is 3. The summed E-state index contributed by atoms with van der Waals surface area (Å²) in [7, 11) is 0. The lowest BCUT2D eigenvalue weighted by atomic mass is 10.2. The van der Waals surface area contributed by atoms with Crippen molar-refractivity contribution in [3.63, 3.8) is 0 Å². The van der Waals surface area contributed by atoms with Crippen LogP contribution in [0.25, 0.3) is 20.8 Å². The minimum atomic E-state index is -0.929. The third kappa shape index (κ3) is 5.90. The number of fused-ring (bicyclic) bond motifs is 1. The summed E-state index contributed by atoms with van der Waals surface area (Å²) >= 11 is 1.62. The average Bonchev–Trinajstić information content (AvgIpc) is 3.25. The monoisotopic (exact) mass is 458 g/mol. The summed E-state index contributed by atoms with van der Waals surface area (Å²) in [6.07, 6.45) is -0.305. The molecule has 1 heterocycles. The van der Waals surface area contributed by atoms with E-state index in [0.29, 0.717) is 5.69 Å². The number of ketones is 1. The number of nitrogens with zero attached hydrogens (tertiary/aromatic N) is 1. The molecule has 0 spiro atoms. The molecular formula is C26H22N2O4S. The van der Waals surface area contributed by atoms with Gasteiger partial charge in [0.05, 0.1) is 10.2 Å². The molecule has 0 atom stereocenters. The fourth-order valence-electron chi connectivity index (χ4n) is 3.21. The van der Waals surface area contributed by atoms with Gasteiger partial charge in [-0.1, -0.05) is 36.4 Å². The zero-order valence-corrected chi connectivity index (χ0v) is 18.9. The largest absolute Gasteiger partial charge is 0.455 e. The van der Waals surface area contributed by atoms with E-state index in [-0.39, 0.29) is 25.4 Å². The number of esters is 1. The van der Waals surface area contributed by atoms with Crippen LogP contribution in [-0.4, -0.2) is 22.6 Å². The van der Waals surface area contributed by atoms with Gasteiger partial charge < -0.3 is 10.1 Å². The van der Waals surface area contributed by atoms with Crippen LogP contribution in [0.5, 0.6) is 0 Å². The lowest BCUT2D eigenvalue weighted by molar-refractivity contribution is -0.155. The van der Waals surface area contributed by atoms with Crippen LogP contribution in [0.4, 0.5) is 5.69 Å². The second kappa shape index (κ2) is 10.2. The Morgan fingerprint density at radius 1 is 0.939 bits per heavy atom. The maximum absolute atomic E-state index is 12.2. The molecular weight excluding hydrogens is 436 g/mol. The molecule has 0 aliphatic rings. The van der Waals surface area contributed by atoms with Crippen LogP contribution >= 0.6 is 11.3 Å². The van der Waals surface area contributed by atoms with Crippen molar-refractivity contribution in [2.45, 2.75) is 26.4 Å². The van der Waals surface area contributed by atoms with Crippen LogP contribution < -0.4 is 5.32 Å². The Balaban J connectivity index is 1.26. The van der Waals surface area contributed by atoms with Crippen molar-refractivity contribution in [1.29, 1.82) is 0 Å². The van der Waals surface area contributed by atoms with Gasteiger partial charge in [0.25, 0.3) is 0 Å². The highest BCUT2D eigenvalue weighted by molar-refractivity contribution is 7.21. The van der Waals surface area contributed by atoms with Gasteiger partial charge in [-0.25, -0.2) is 9.78 Å². The van der Waals surface area contributed by atoms with E-state index in [2.05, 4.69) is 23.3 Å². The molecule has 3 aromatic carbocycles. The Kier molecular flexibility index (Phi) is 6.90. The van der Waals surface area contributed by atoms with E-state index in [0.717, 1.165) is 26.4 Å². The quantitative estimate of drug-likeness (QED) is 0.286. The fraction of sp³-hybridized carbons (Fsp3) is 0.154. The normalized spacial score (nSPS) is 10.7. The first kappa shape index (κ1) is 22.4. The van der Waals surface area contributed by atoms with E-state index in [1.165, 1.54) is 5.56 Å². The van der Waals surface area contributed by atoms with Gasteiger partial charge in [0.15, 0.2) is 0 Å². The fourth-order valence-corrected chi connectivity index (χ4v) is 4.28. The van der Waals surface area contributed by atoms with Crippen molar-refractivity contribution in [3.05, 3.63) is 83.9 Å². The van der Waals surface area contributed by atoms with Crippen molar-refractivity contribution >= 4 is 44.9 Å². The predicted octanol–water partition coefficient (Wildman–Crippen LogP) is 5.30. The van der Waals surface area contributed by atoms with Gasteiger partial charge in [-0.15, -0.1) is 11.3 Å². The molecule has 7 heteroatoms. The van der Waals surface area contributed by atoms with E-state index in [1.807, 2.05) is 42.5 Å². The summed E-state index contributed by atoms with van der Waals surface area (Å²) in [5, 5.41) is 3.66. The molecule has 0 bridgehead atoms. The van der Waals surface area contributed by atoms with Crippen LogP contribution in [0.2, 0.25) is 0 Å². The van der Waals surface area contributed by atoms with Crippen LogP contribution in [0.1, 0.15) is 24.0 Å². The second-order valence-electron chi connectivity index (χ2n) is 7.60. The highest BCUT2D eigenvalue weighted by atomic mass is 32.1. The number of hydrogen-bond acceptors (Lipinski definition) is 6. The third-order valence-electron chi connectivity index (χ3n) is 4.98. The number of Topliss-reactive ketones (excluding diaryl/α,β-unsaturated/α-hetero) is 1. The number of hydrogen-bond donors (Lipinski definition) is 1. The zero-order valence-electron chi connectivity index (χ0n) is 18.0. The molecule has 4 aromatic rings. The number of ether oxygens (including phenoxy) is 1. The number of nitrogens with one attached hydrogen (secondary N) is 1. The molecule has 6 nitrogen and oxygen atoms in total. The smallest absolute Gasteiger partial charge is 0.374 e. The number of carbonyl (C=O) groups is 3. The number of rotatable bonds is 8. The van der Waals surface area contributed by atoms with Crippen LogP contribution in [0, 0.1) is 6.92 Å². The summed E-state index contributed by atoms with van der Waals surface area (Å²) in [6, 6.07) is 22.6. The standard InChI is InChI=1S/C26H22N2O4S/c1-17-7-12-21-23(15-17)33-25(28-21)19-8-10-20(11-9-19)27-24(30)14-13-22(29)26(31)32-16-18-5-3-2-4-6-18/h2-12,15H,13-14,16H2,1H3,(H,27,30). The lowest BCUT2D eigenvalue weighted by Gasteiger charge is -2.06. The molecule has 4 rings (SSSR count). The SMILES string of the molecule is Cc1ccc2nc(-c3ccc(NC(=O)CCC(=O)C(=O)OCc4ccccc4)cc3)sc2c1. The zero-order chi connectivity index (χ0) is 23.2. The van der Waals surface area contributed by atoms with Crippen LogP contribution in [0.3, 0.4) is 0 Å². The Bertz CT molecular complexity index is 1300. The first-order chi connectivity index (χ1) is 16.0. The van der Waals surface area contributed by atoms with Gasteiger partial charge in [-0.3, -0.25) is 9.59 Å². The molecule has 0 aliphatic heterocycles. The summed E-state index contributed by atoms with van der Waals surface area (Å²) < 4.78 is 6.13. The molecule has 0 radical (unpaired) electrons. The van der Waals surface area contributed by atoms with Gasteiger partial charge in [0.1, 0.15) is 11.6 Å². The molecule has 0 saturated heterocycles. The van der Waals surface area contributed by atoms with E-state index in [1.54, 1.807) is 35.6 Å². The number of aryl methyl sites for hydroxylation is 1. The number of amides is 1. The second-order valence-corrected chi connectivity index (χ2v) is 8.63. The molecule has 0 fully saturated rings. The first-order valence-electron chi connectivity index (χ1n) is 10.5. The minimum Gasteiger partial charge on any atom is -0.455 e. The van der Waals surface area contributed by atoms with Crippen molar-refractivity contribution in [2.75, 3.05) is 5.32 Å². The topological polar surface area (TPSA) is 85.4 Å². The van der Waals surface area contributed by atoms with E-state index < -0.39 is 11.8 Å². The molecule has 166 valence electrons. The number of thiazole rings is 1. The maximum Gasteiger partial charge on any atom is 0.374 e. The lowest BCUT2D eigenvalue weighted by Crippen LogP contribution is -2.20. The minimum absolute atomic E-state index is 0.0260. The Morgan fingerprint density at radius 3 is 2.45 bits per heavy atom. The predicted molar refractivity (Wildman–Crippen MR) is 129 cm³/mol. The van der Waals surface area contributed by atoms with Crippen LogP contribution in [-0.2, 0) is 25.7 Å². The molecule has 33 heavy (non-hydrogen) atoms. The summed E-state index contributed by atoms with van der Waals surface area (Å²) in [6.45, 7) is 2.08. The highest BCUT2D eigenvalue weighted by Gasteiger charge is 2.17. The molecule has 1 amide bonds. The van der Waals surface area contributed by atoms with Gasteiger partial charge in [0, 0.05) is 24.1 Å². The Morgan fingerprint density at radius 2 is 1.70 bits per heavy atom. The van der Waals surface area contributed by atoms with Crippen LogP contribution in [0.15, 0.2) is 72.8 Å². The van der Waals surface area contributed by atoms with Gasteiger partial charge in [-0.05, 0) is 54.4 Å². The van der Waals surface area contributed by atoms with Crippen molar-refractivity contribution in [2.24, 2.45) is 0 Å².